The van der Waals surface area contributed by atoms with Crippen molar-refractivity contribution in [3.63, 3.8) is 0 Å². The molecule has 4 heteroatoms. The SMILES string of the molecule is CC(C)Nc1ccc(NC(=O)NC2CC2)cc1. The van der Waals surface area contributed by atoms with Gasteiger partial charge in [0.2, 0.25) is 0 Å². The Labute approximate surface area is 102 Å². The van der Waals surface area contributed by atoms with Gasteiger partial charge in [0.1, 0.15) is 0 Å². The van der Waals surface area contributed by atoms with E-state index >= 15 is 0 Å². The molecule has 1 aromatic carbocycles. The lowest BCUT2D eigenvalue weighted by molar-refractivity contribution is 0.251. The smallest absolute Gasteiger partial charge is 0.319 e. The standard InChI is InChI=1S/C13H19N3O/c1-9(2)14-10-3-5-11(6-4-10)15-13(17)16-12-7-8-12/h3-6,9,12,14H,7-8H2,1-2H3,(H2,15,16,17). The van der Waals surface area contributed by atoms with E-state index in [4.69, 9.17) is 0 Å². The number of anilines is 2. The Kier molecular flexibility index (Phi) is 3.52. The second-order valence-electron chi connectivity index (χ2n) is 4.75. The Balaban J connectivity index is 1.86. The van der Waals surface area contributed by atoms with Crippen molar-refractivity contribution in [3.8, 4) is 0 Å². The van der Waals surface area contributed by atoms with Gasteiger partial charge in [-0.2, -0.15) is 0 Å². The number of urea groups is 1. The van der Waals surface area contributed by atoms with Crippen molar-refractivity contribution in [1.29, 1.82) is 0 Å². The Hall–Kier alpha value is -1.71. The van der Waals surface area contributed by atoms with Crippen molar-refractivity contribution in [3.05, 3.63) is 24.3 Å². The van der Waals surface area contributed by atoms with Crippen LogP contribution >= 0.6 is 0 Å². The van der Waals surface area contributed by atoms with Crippen LogP contribution in [-0.2, 0) is 0 Å². The number of nitrogens with one attached hydrogen (secondary N) is 3. The molecule has 3 N–H and O–H groups in total. The highest BCUT2D eigenvalue weighted by molar-refractivity contribution is 5.89. The zero-order valence-corrected chi connectivity index (χ0v) is 10.3. The average Bonchev–Trinajstić information content (AvgIpc) is 3.04. The summed E-state index contributed by atoms with van der Waals surface area (Å²) >= 11 is 0. The number of carbonyl (C=O) groups excluding carboxylic acids is 1. The van der Waals surface area contributed by atoms with Crippen LogP contribution in [0, 0.1) is 0 Å². The third-order valence-electron chi connectivity index (χ3n) is 2.51. The van der Waals surface area contributed by atoms with Crippen LogP contribution in [0.3, 0.4) is 0 Å². The summed E-state index contributed by atoms with van der Waals surface area (Å²) in [6.45, 7) is 4.19. The first-order valence-electron chi connectivity index (χ1n) is 6.07. The van der Waals surface area contributed by atoms with Gasteiger partial charge in [-0.3, -0.25) is 0 Å². The average molecular weight is 233 g/mol. The third kappa shape index (κ3) is 3.98. The lowest BCUT2D eigenvalue weighted by atomic mass is 10.2. The quantitative estimate of drug-likeness (QED) is 0.749. The summed E-state index contributed by atoms with van der Waals surface area (Å²) in [4.78, 5) is 11.5. The van der Waals surface area contributed by atoms with Gasteiger partial charge in [0.15, 0.2) is 0 Å². The number of rotatable bonds is 4. The summed E-state index contributed by atoms with van der Waals surface area (Å²) in [6, 6.07) is 8.41. The minimum Gasteiger partial charge on any atom is -0.383 e. The van der Waals surface area contributed by atoms with Crippen molar-refractivity contribution in [2.45, 2.75) is 38.8 Å². The van der Waals surface area contributed by atoms with Crippen molar-refractivity contribution in [2.75, 3.05) is 10.6 Å². The van der Waals surface area contributed by atoms with Crippen molar-refractivity contribution >= 4 is 17.4 Å². The Morgan fingerprint density at radius 2 is 1.76 bits per heavy atom. The molecule has 1 aliphatic carbocycles. The van der Waals surface area contributed by atoms with Crippen LogP contribution in [-0.4, -0.2) is 18.1 Å². The maximum atomic E-state index is 11.5. The molecule has 2 rings (SSSR count). The molecule has 0 heterocycles. The number of amides is 2. The molecule has 0 saturated heterocycles. The Morgan fingerprint density at radius 1 is 1.18 bits per heavy atom. The van der Waals surface area contributed by atoms with E-state index in [1.807, 2.05) is 24.3 Å². The fourth-order valence-electron chi connectivity index (χ4n) is 1.56. The van der Waals surface area contributed by atoms with Gasteiger partial charge >= 0.3 is 6.03 Å². The van der Waals surface area contributed by atoms with Gasteiger partial charge in [0.25, 0.3) is 0 Å². The minimum atomic E-state index is -0.114. The van der Waals surface area contributed by atoms with Crippen molar-refractivity contribution < 1.29 is 4.79 Å². The lowest BCUT2D eigenvalue weighted by Gasteiger charge is -2.11. The molecule has 17 heavy (non-hydrogen) atoms. The topological polar surface area (TPSA) is 53.2 Å². The van der Waals surface area contributed by atoms with Gasteiger partial charge in [-0.15, -0.1) is 0 Å². The molecule has 2 amide bonds. The van der Waals surface area contributed by atoms with Gasteiger partial charge in [-0.1, -0.05) is 0 Å². The molecule has 0 spiro atoms. The van der Waals surface area contributed by atoms with Crippen LogP contribution < -0.4 is 16.0 Å². The highest BCUT2D eigenvalue weighted by atomic mass is 16.2. The molecule has 0 atom stereocenters. The van der Waals surface area contributed by atoms with Crippen molar-refractivity contribution in [1.82, 2.24) is 5.32 Å². The van der Waals surface area contributed by atoms with E-state index < -0.39 is 0 Å². The number of benzene rings is 1. The summed E-state index contributed by atoms with van der Waals surface area (Å²) in [7, 11) is 0. The summed E-state index contributed by atoms with van der Waals surface area (Å²) in [6.07, 6.45) is 2.20. The number of hydrogen-bond acceptors (Lipinski definition) is 2. The maximum Gasteiger partial charge on any atom is 0.319 e. The number of carbonyl (C=O) groups is 1. The van der Waals surface area contributed by atoms with Gasteiger partial charge in [-0.05, 0) is 51.0 Å². The monoisotopic (exact) mass is 233 g/mol. The fourth-order valence-corrected chi connectivity index (χ4v) is 1.56. The highest BCUT2D eigenvalue weighted by Crippen LogP contribution is 2.19. The summed E-state index contributed by atoms with van der Waals surface area (Å²) in [5.74, 6) is 0. The summed E-state index contributed by atoms with van der Waals surface area (Å²) in [5, 5.41) is 9.00. The van der Waals surface area contributed by atoms with Crippen LogP contribution in [0.2, 0.25) is 0 Å². The highest BCUT2D eigenvalue weighted by Gasteiger charge is 2.23. The molecule has 1 aromatic rings. The van der Waals surface area contributed by atoms with E-state index in [0.29, 0.717) is 12.1 Å². The predicted octanol–water partition coefficient (Wildman–Crippen LogP) is 2.79. The van der Waals surface area contributed by atoms with E-state index in [2.05, 4.69) is 29.8 Å². The summed E-state index contributed by atoms with van der Waals surface area (Å²) in [5.41, 5.74) is 1.88. The molecule has 4 nitrogen and oxygen atoms in total. The Morgan fingerprint density at radius 3 is 2.29 bits per heavy atom. The van der Waals surface area contributed by atoms with E-state index in [1.165, 1.54) is 0 Å². The maximum absolute atomic E-state index is 11.5. The molecular weight excluding hydrogens is 214 g/mol. The molecule has 1 fully saturated rings. The second kappa shape index (κ2) is 5.08. The van der Waals surface area contributed by atoms with E-state index in [-0.39, 0.29) is 6.03 Å². The van der Waals surface area contributed by atoms with Crippen LogP contribution in [0.4, 0.5) is 16.2 Å². The molecule has 1 aliphatic rings. The first-order valence-corrected chi connectivity index (χ1v) is 6.07. The predicted molar refractivity (Wildman–Crippen MR) is 70.4 cm³/mol. The first-order chi connectivity index (χ1) is 8.13. The zero-order valence-electron chi connectivity index (χ0n) is 10.3. The van der Waals surface area contributed by atoms with Gasteiger partial charge < -0.3 is 16.0 Å². The van der Waals surface area contributed by atoms with Gasteiger partial charge in [-0.25, -0.2) is 4.79 Å². The summed E-state index contributed by atoms with van der Waals surface area (Å²) < 4.78 is 0. The molecular formula is C13H19N3O. The van der Waals surface area contributed by atoms with Crippen LogP contribution in [0.15, 0.2) is 24.3 Å². The largest absolute Gasteiger partial charge is 0.383 e. The second-order valence-corrected chi connectivity index (χ2v) is 4.75. The molecule has 0 unspecified atom stereocenters. The van der Waals surface area contributed by atoms with Crippen LogP contribution in [0.5, 0.6) is 0 Å². The fraction of sp³-hybridized carbons (Fsp3) is 0.462. The molecule has 0 bridgehead atoms. The van der Waals surface area contributed by atoms with Crippen molar-refractivity contribution in [2.24, 2.45) is 0 Å². The molecule has 1 saturated carbocycles. The third-order valence-corrected chi connectivity index (χ3v) is 2.51. The first kappa shape index (κ1) is 11.8. The van der Waals surface area contributed by atoms with Gasteiger partial charge in [0, 0.05) is 23.5 Å². The molecule has 0 aromatic heterocycles. The van der Waals surface area contributed by atoms with E-state index in [9.17, 15) is 4.79 Å². The van der Waals surface area contributed by atoms with E-state index in [1.54, 1.807) is 0 Å². The Bertz CT molecular complexity index is 382. The van der Waals surface area contributed by atoms with Crippen LogP contribution in [0.1, 0.15) is 26.7 Å². The molecule has 0 aliphatic heterocycles. The minimum absolute atomic E-state index is 0.114. The van der Waals surface area contributed by atoms with E-state index in [0.717, 1.165) is 24.2 Å². The molecule has 0 radical (unpaired) electrons. The van der Waals surface area contributed by atoms with Crippen LogP contribution in [0.25, 0.3) is 0 Å². The number of hydrogen-bond donors (Lipinski definition) is 3. The zero-order chi connectivity index (χ0) is 12.3. The molecule has 92 valence electrons. The normalized spacial score (nSPS) is 14.5. The lowest BCUT2D eigenvalue weighted by Crippen LogP contribution is -2.30. The van der Waals surface area contributed by atoms with Gasteiger partial charge in [0.05, 0.1) is 0 Å².